The van der Waals surface area contributed by atoms with Gasteiger partial charge in [-0.1, -0.05) is 49.9 Å². The number of halogens is 2. The Labute approximate surface area is 118 Å². The van der Waals surface area contributed by atoms with Crippen LogP contribution in [0.15, 0.2) is 12.3 Å². The Balaban J connectivity index is 2.72. The third-order valence-corrected chi connectivity index (χ3v) is 3.19. The number of carbonyl (C=O) groups excluding carboxylic acids is 1. The predicted octanol–water partition coefficient (Wildman–Crippen LogP) is 4.54. The van der Waals surface area contributed by atoms with E-state index in [1.807, 2.05) is 0 Å². The molecular formula is C13H18Cl2N2O. The Morgan fingerprint density at radius 2 is 1.94 bits per heavy atom. The molecule has 0 bridgehead atoms. The number of anilines is 1. The molecule has 0 spiro atoms. The molecule has 0 aromatic carbocycles. The molecule has 18 heavy (non-hydrogen) atoms. The maximum absolute atomic E-state index is 12.1. The molecular weight excluding hydrogens is 271 g/mol. The fourth-order valence-corrected chi connectivity index (χ4v) is 2.26. The number of pyridine rings is 1. The van der Waals surface area contributed by atoms with Crippen LogP contribution in [0.25, 0.3) is 0 Å². The highest BCUT2D eigenvalue weighted by atomic mass is 35.5. The molecule has 1 aromatic heterocycles. The van der Waals surface area contributed by atoms with Crippen molar-refractivity contribution in [2.24, 2.45) is 5.92 Å². The molecule has 0 saturated heterocycles. The number of hydrogen-bond donors (Lipinski definition) is 1. The van der Waals surface area contributed by atoms with Crippen LogP contribution in [0.3, 0.4) is 0 Å². The van der Waals surface area contributed by atoms with Crippen LogP contribution in [0.4, 0.5) is 5.82 Å². The SMILES string of the molecule is CCCC(CCC)C(=O)Nc1ncc(Cl)cc1Cl. The zero-order valence-corrected chi connectivity index (χ0v) is 12.2. The van der Waals surface area contributed by atoms with Gasteiger partial charge in [-0.05, 0) is 18.9 Å². The van der Waals surface area contributed by atoms with E-state index in [1.165, 1.54) is 6.20 Å². The first-order chi connectivity index (χ1) is 8.58. The van der Waals surface area contributed by atoms with Crippen molar-refractivity contribution in [2.75, 3.05) is 5.32 Å². The van der Waals surface area contributed by atoms with Gasteiger partial charge >= 0.3 is 0 Å². The molecule has 0 fully saturated rings. The van der Waals surface area contributed by atoms with Gasteiger partial charge in [0.2, 0.25) is 5.91 Å². The van der Waals surface area contributed by atoms with Gasteiger partial charge in [-0.15, -0.1) is 0 Å². The molecule has 1 heterocycles. The van der Waals surface area contributed by atoms with E-state index in [1.54, 1.807) is 6.07 Å². The average Bonchev–Trinajstić information content (AvgIpc) is 2.32. The molecule has 0 radical (unpaired) electrons. The standard InChI is InChI=1S/C13H18Cl2N2O/c1-3-5-9(6-4-2)13(18)17-12-11(15)7-10(14)8-16-12/h7-9H,3-6H2,1-2H3,(H,16,17,18). The Bertz CT molecular complexity index is 404. The molecule has 3 nitrogen and oxygen atoms in total. The van der Waals surface area contributed by atoms with E-state index in [-0.39, 0.29) is 11.8 Å². The van der Waals surface area contributed by atoms with Crippen LogP contribution in [0.5, 0.6) is 0 Å². The number of nitrogens with one attached hydrogen (secondary N) is 1. The highest BCUT2D eigenvalue weighted by molar-refractivity contribution is 6.36. The lowest BCUT2D eigenvalue weighted by atomic mass is 9.97. The maximum Gasteiger partial charge on any atom is 0.228 e. The van der Waals surface area contributed by atoms with Crippen LogP contribution in [0.1, 0.15) is 39.5 Å². The van der Waals surface area contributed by atoms with Crippen LogP contribution in [0, 0.1) is 5.92 Å². The molecule has 5 heteroatoms. The molecule has 0 unspecified atom stereocenters. The van der Waals surface area contributed by atoms with Crippen molar-refractivity contribution in [1.82, 2.24) is 4.98 Å². The molecule has 0 atom stereocenters. The first-order valence-electron chi connectivity index (χ1n) is 6.20. The minimum atomic E-state index is -0.0181. The van der Waals surface area contributed by atoms with Gasteiger partial charge < -0.3 is 5.32 Å². The highest BCUT2D eigenvalue weighted by Crippen LogP contribution is 2.24. The molecule has 1 rings (SSSR count). The van der Waals surface area contributed by atoms with Gasteiger partial charge in [0.15, 0.2) is 5.82 Å². The van der Waals surface area contributed by atoms with Crippen molar-refractivity contribution in [3.05, 3.63) is 22.3 Å². The van der Waals surface area contributed by atoms with Crippen molar-refractivity contribution < 1.29 is 4.79 Å². The van der Waals surface area contributed by atoms with Crippen molar-refractivity contribution in [3.8, 4) is 0 Å². The Hall–Kier alpha value is -0.800. The van der Waals surface area contributed by atoms with Crippen molar-refractivity contribution in [3.63, 3.8) is 0 Å². The normalized spacial score (nSPS) is 10.7. The Morgan fingerprint density at radius 1 is 1.33 bits per heavy atom. The average molecular weight is 289 g/mol. The lowest BCUT2D eigenvalue weighted by molar-refractivity contribution is -0.120. The van der Waals surface area contributed by atoms with Gasteiger partial charge in [0.1, 0.15) is 0 Å². The fraction of sp³-hybridized carbons (Fsp3) is 0.538. The van der Waals surface area contributed by atoms with Gasteiger partial charge in [-0.25, -0.2) is 4.98 Å². The van der Waals surface area contributed by atoms with Crippen molar-refractivity contribution in [1.29, 1.82) is 0 Å². The summed E-state index contributed by atoms with van der Waals surface area (Å²) >= 11 is 11.7. The predicted molar refractivity (Wildman–Crippen MR) is 76.2 cm³/mol. The van der Waals surface area contributed by atoms with E-state index in [0.717, 1.165) is 25.7 Å². The number of hydrogen-bond acceptors (Lipinski definition) is 2. The topological polar surface area (TPSA) is 42.0 Å². The molecule has 1 amide bonds. The second-order valence-corrected chi connectivity index (χ2v) is 5.09. The largest absolute Gasteiger partial charge is 0.309 e. The summed E-state index contributed by atoms with van der Waals surface area (Å²) in [6.07, 6.45) is 5.20. The maximum atomic E-state index is 12.1. The van der Waals surface area contributed by atoms with Gasteiger partial charge in [0.05, 0.1) is 10.0 Å². The minimum Gasteiger partial charge on any atom is -0.309 e. The zero-order chi connectivity index (χ0) is 13.5. The van der Waals surface area contributed by atoms with E-state index in [0.29, 0.717) is 15.9 Å². The van der Waals surface area contributed by atoms with E-state index >= 15 is 0 Å². The summed E-state index contributed by atoms with van der Waals surface area (Å²) in [5.74, 6) is 0.382. The first-order valence-corrected chi connectivity index (χ1v) is 6.96. The van der Waals surface area contributed by atoms with Crippen LogP contribution < -0.4 is 5.32 Å². The Morgan fingerprint density at radius 3 is 2.44 bits per heavy atom. The lowest BCUT2D eigenvalue weighted by Crippen LogP contribution is -2.23. The summed E-state index contributed by atoms with van der Waals surface area (Å²) in [5.41, 5.74) is 0. The van der Waals surface area contributed by atoms with E-state index < -0.39 is 0 Å². The van der Waals surface area contributed by atoms with Gasteiger partial charge in [0.25, 0.3) is 0 Å². The van der Waals surface area contributed by atoms with Gasteiger partial charge in [0, 0.05) is 12.1 Å². The van der Waals surface area contributed by atoms with Crippen LogP contribution in [-0.2, 0) is 4.79 Å². The summed E-state index contributed by atoms with van der Waals surface area (Å²) in [6, 6.07) is 1.57. The smallest absolute Gasteiger partial charge is 0.228 e. The van der Waals surface area contributed by atoms with E-state index in [2.05, 4.69) is 24.1 Å². The van der Waals surface area contributed by atoms with E-state index in [4.69, 9.17) is 23.2 Å². The van der Waals surface area contributed by atoms with Gasteiger partial charge in [-0.2, -0.15) is 0 Å². The summed E-state index contributed by atoms with van der Waals surface area (Å²) < 4.78 is 0. The molecule has 1 N–H and O–H groups in total. The third kappa shape index (κ3) is 4.46. The molecule has 0 aliphatic carbocycles. The number of rotatable bonds is 6. The van der Waals surface area contributed by atoms with Crippen LogP contribution >= 0.6 is 23.2 Å². The second kappa shape index (κ2) is 7.59. The summed E-state index contributed by atoms with van der Waals surface area (Å²) in [5, 5.41) is 3.59. The van der Waals surface area contributed by atoms with Crippen molar-refractivity contribution >= 4 is 34.9 Å². The second-order valence-electron chi connectivity index (χ2n) is 4.25. The van der Waals surface area contributed by atoms with Crippen molar-refractivity contribution in [2.45, 2.75) is 39.5 Å². The minimum absolute atomic E-state index is 0.0181. The Kier molecular flexibility index (Phi) is 6.44. The number of carbonyl (C=O) groups is 1. The fourth-order valence-electron chi connectivity index (χ4n) is 1.83. The molecule has 0 aliphatic rings. The molecule has 1 aromatic rings. The third-order valence-electron chi connectivity index (χ3n) is 2.69. The number of aromatic nitrogens is 1. The number of nitrogens with zero attached hydrogens (tertiary/aromatic N) is 1. The molecule has 0 aliphatic heterocycles. The number of amides is 1. The van der Waals surface area contributed by atoms with E-state index in [9.17, 15) is 4.79 Å². The monoisotopic (exact) mass is 288 g/mol. The summed E-state index contributed by atoms with van der Waals surface area (Å²) in [7, 11) is 0. The first kappa shape index (κ1) is 15.3. The van der Waals surface area contributed by atoms with Crippen LogP contribution in [0.2, 0.25) is 10.0 Å². The lowest BCUT2D eigenvalue weighted by Gasteiger charge is -2.15. The summed E-state index contributed by atoms with van der Waals surface area (Å²) in [4.78, 5) is 16.1. The summed E-state index contributed by atoms with van der Waals surface area (Å²) in [6.45, 7) is 4.15. The van der Waals surface area contributed by atoms with Crippen LogP contribution in [-0.4, -0.2) is 10.9 Å². The quantitative estimate of drug-likeness (QED) is 0.835. The van der Waals surface area contributed by atoms with Gasteiger partial charge in [-0.3, -0.25) is 4.79 Å². The molecule has 0 saturated carbocycles. The highest BCUT2D eigenvalue weighted by Gasteiger charge is 2.18. The molecule has 100 valence electrons. The zero-order valence-electron chi connectivity index (χ0n) is 10.7.